The normalized spacial score (nSPS) is 19.5. The van der Waals surface area contributed by atoms with E-state index in [0.717, 1.165) is 42.4 Å². The Balaban J connectivity index is 2.16. The fourth-order valence-corrected chi connectivity index (χ4v) is 2.89. The Morgan fingerprint density at radius 1 is 1.50 bits per heavy atom. The minimum absolute atomic E-state index is 0.836. The van der Waals surface area contributed by atoms with E-state index in [9.17, 15) is 0 Å². The summed E-state index contributed by atoms with van der Waals surface area (Å²) in [5.41, 5.74) is 1.29. The minimum Gasteiger partial charge on any atom is -0.356 e. The molecule has 1 fully saturated rings. The maximum absolute atomic E-state index is 4.62. The van der Waals surface area contributed by atoms with Gasteiger partial charge in [0.25, 0.3) is 0 Å². The first-order chi connectivity index (χ1) is 8.74. The molecule has 0 aromatic carbocycles. The van der Waals surface area contributed by atoms with Crippen molar-refractivity contribution >= 4 is 21.7 Å². The maximum Gasteiger partial charge on any atom is 0.133 e. The van der Waals surface area contributed by atoms with Crippen molar-refractivity contribution in [3.8, 4) is 0 Å². The summed E-state index contributed by atoms with van der Waals surface area (Å²) >= 11 is 3.51. The molecule has 1 N–H and O–H groups in total. The highest BCUT2D eigenvalue weighted by molar-refractivity contribution is 9.10. The number of anilines is 1. The van der Waals surface area contributed by atoms with Gasteiger partial charge in [-0.2, -0.15) is 0 Å². The Hall–Kier alpha value is -0.610. The van der Waals surface area contributed by atoms with Crippen LogP contribution in [0.15, 0.2) is 16.7 Å². The second-order valence-corrected chi connectivity index (χ2v) is 5.84. The van der Waals surface area contributed by atoms with Crippen molar-refractivity contribution < 1.29 is 0 Å². The van der Waals surface area contributed by atoms with E-state index in [1.165, 1.54) is 18.4 Å². The second-order valence-electron chi connectivity index (χ2n) is 4.93. The van der Waals surface area contributed by atoms with Crippen LogP contribution in [0.25, 0.3) is 0 Å². The molecule has 0 radical (unpaired) electrons. The monoisotopic (exact) mass is 311 g/mol. The zero-order chi connectivity index (χ0) is 13.0. The number of rotatable bonds is 5. The topological polar surface area (TPSA) is 28.2 Å². The van der Waals surface area contributed by atoms with E-state index in [1.807, 2.05) is 6.20 Å². The molecular formula is C14H22BrN3. The Morgan fingerprint density at radius 3 is 3.00 bits per heavy atom. The molecule has 1 aromatic heterocycles. The van der Waals surface area contributed by atoms with E-state index in [0.29, 0.717) is 0 Å². The third-order valence-electron chi connectivity index (χ3n) is 3.64. The molecule has 18 heavy (non-hydrogen) atoms. The number of hydrogen-bond donors (Lipinski definition) is 1. The number of nitrogens with one attached hydrogen (secondary N) is 1. The second kappa shape index (κ2) is 6.53. The van der Waals surface area contributed by atoms with E-state index in [2.05, 4.69) is 51.0 Å². The van der Waals surface area contributed by atoms with Crippen LogP contribution in [0.1, 0.15) is 32.3 Å². The standard InChI is InChI=1S/C14H22BrN3/c1-3-11-5-6-18(10-11)14-12(8-16-4-2)7-13(15)9-17-14/h7,9,11,16H,3-6,8,10H2,1-2H3. The molecule has 3 nitrogen and oxygen atoms in total. The number of nitrogens with zero attached hydrogens (tertiary/aromatic N) is 2. The SMILES string of the molecule is CCNCc1cc(Br)cnc1N1CCC(CC)C1. The largest absolute Gasteiger partial charge is 0.356 e. The van der Waals surface area contributed by atoms with Crippen LogP contribution in [0.5, 0.6) is 0 Å². The average molecular weight is 312 g/mol. The lowest BCUT2D eigenvalue weighted by molar-refractivity contribution is 0.568. The minimum atomic E-state index is 0.836. The molecule has 2 heterocycles. The van der Waals surface area contributed by atoms with Crippen molar-refractivity contribution in [2.45, 2.75) is 33.2 Å². The van der Waals surface area contributed by atoms with Crippen molar-refractivity contribution in [3.05, 3.63) is 22.3 Å². The first kappa shape index (κ1) is 13.8. The molecule has 2 rings (SSSR count). The highest BCUT2D eigenvalue weighted by Crippen LogP contribution is 2.28. The van der Waals surface area contributed by atoms with Gasteiger partial charge in [0.15, 0.2) is 0 Å². The van der Waals surface area contributed by atoms with Gasteiger partial charge in [0.2, 0.25) is 0 Å². The summed E-state index contributed by atoms with van der Waals surface area (Å²) in [7, 11) is 0. The first-order valence-corrected chi connectivity index (χ1v) is 7.64. The van der Waals surface area contributed by atoms with Gasteiger partial charge in [-0.05, 0) is 40.9 Å². The third kappa shape index (κ3) is 3.23. The molecule has 4 heteroatoms. The van der Waals surface area contributed by atoms with Crippen molar-refractivity contribution in [3.63, 3.8) is 0 Å². The van der Waals surface area contributed by atoms with Crippen LogP contribution in [0.2, 0.25) is 0 Å². The van der Waals surface area contributed by atoms with Gasteiger partial charge >= 0.3 is 0 Å². The molecular weight excluding hydrogens is 290 g/mol. The molecule has 1 aromatic rings. The Bertz CT molecular complexity index is 395. The van der Waals surface area contributed by atoms with Gasteiger partial charge in [-0.15, -0.1) is 0 Å². The molecule has 1 aliphatic rings. The Labute approximate surface area is 118 Å². The summed E-state index contributed by atoms with van der Waals surface area (Å²) in [6, 6.07) is 2.18. The zero-order valence-corrected chi connectivity index (χ0v) is 12.8. The summed E-state index contributed by atoms with van der Waals surface area (Å²) in [5.74, 6) is 2.00. The van der Waals surface area contributed by atoms with Crippen LogP contribution in [-0.4, -0.2) is 24.6 Å². The molecule has 0 saturated carbocycles. The number of halogens is 1. The van der Waals surface area contributed by atoms with Crippen LogP contribution in [0, 0.1) is 5.92 Å². The molecule has 1 unspecified atom stereocenters. The van der Waals surface area contributed by atoms with E-state index >= 15 is 0 Å². The van der Waals surface area contributed by atoms with Crippen LogP contribution in [0.4, 0.5) is 5.82 Å². The maximum atomic E-state index is 4.62. The molecule has 1 saturated heterocycles. The molecule has 0 aliphatic carbocycles. The summed E-state index contributed by atoms with van der Waals surface area (Å²) in [5, 5.41) is 3.39. The highest BCUT2D eigenvalue weighted by Gasteiger charge is 2.23. The lowest BCUT2D eigenvalue weighted by Gasteiger charge is -2.21. The summed E-state index contributed by atoms with van der Waals surface area (Å²) in [6.45, 7) is 8.60. The summed E-state index contributed by atoms with van der Waals surface area (Å²) < 4.78 is 1.06. The zero-order valence-electron chi connectivity index (χ0n) is 11.2. The summed E-state index contributed by atoms with van der Waals surface area (Å²) in [6.07, 6.45) is 4.48. The molecule has 1 atom stereocenters. The predicted molar refractivity (Wildman–Crippen MR) is 79.9 cm³/mol. The number of hydrogen-bond acceptors (Lipinski definition) is 3. The quantitative estimate of drug-likeness (QED) is 0.905. The van der Waals surface area contributed by atoms with Gasteiger partial charge < -0.3 is 10.2 Å². The van der Waals surface area contributed by atoms with Gasteiger partial charge in [0.05, 0.1) is 0 Å². The third-order valence-corrected chi connectivity index (χ3v) is 4.07. The number of pyridine rings is 1. The Kier molecular flexibility index (Phi) is 5.01. The predicted octanol–water partition coefficient (Wildman–Crippen LogP) is 3.19. The molecule has 1 aliphatic heterocycles. The van der Waals surface area contributed by atoms with Gasteiger partial charge in [0, 0.05) is 35.9 Å². The summed E-state index contributed by atoms with van der Waals surface area (Å²) in [4.78, 5) is 7.06. The average Bonchev–Trinajstić information content (AvgIpc) is 2.85. The molecule has 0 spiro atoms. The first-order valence-electron chi connectivity index (χ1n) is 6.84. The van der Waals surface area contributed by atoms with E-state index < -0.39 is 0 Å². The van der Waals surface area contributed by atoms with Crippen molar-refractivity contribution in [1.82, 2.24) is 10.3 Å². The lowest BCUT2D eigenvalue weighted by atomic mass is 10.1. The molecule has 100 valence electrons. The van der Waals surface area contributed by atoms with Crippen molar-refractivity contribution in [1.29, 1.82) is 0 Å². The van der Waals surface area contributed by atoms with Gasteiger partial charge in [-0.3, -0.25) is 0 Å². The lowest BCUT2D eigenvalue weighted by Crippen LogP contribution is -2.24. The van der Waals surface area contributed by atoms with Crippen LogP contribution in [-0.2, 0) is 6.54 Å². The fourth-order valence-electron chi connectivity index (χ4n) is 2.51. The Morgan fingerprint density at radius 2 is 2.33 bits per heavy atom. The van der Waals surface area contributed by atoms with E-state index in [-0.39, 0.29) is 0 Å². The van der Waals surface area contributed by atoms with Crippen LogP contribution < -0.4 is 10.2 Å². The molecule has 0 bridgehead atoms. The molecule has 0 amide bonds. The number of aromatic nitrogens is 1. The van der Waals surface area contributed by atoms with Crippen LogP contribution >= 0.6 is 15.9 Å². The van der Waals surface area contributed by atoms with Crippen molar-refractivity contribution in [2.75, 3.05) is 24.5 Å². The highest BCUT2D eigenvalue weighted by atomic mass is 79.9. The van der Waals surface area contributed by atoms with Crippen LogP contribution in [0.3, 0.4) is 0 Å². The van der Waals surface area contributed by atoms with Gasteiger partial charge in [0.1, 0.15) is 5.82 Å². The van der Waals surface area contributed by atoms with E-state index in [1.54, 1.807) is 0 Å². The fraction of sp³-hybridized carbons (Fsp3) is 0.643. The smallest absolute Gasteiger partial charge is 0.133 e. The van der Waals surface area contributed by atoms with Gasteiger partial charge in [-0.25, -0.2) is 4.98 Å². The van der Waals surface area contributed by atoms with Crippen molar-refractivity contribution in [2.24, 2.45) is 5.92 Å². The van der Waals surface area contributed by atoms with E-state index in [4.69, 9.17) is 0 Å². The van der Waals surface area contributed by atoms with Gasteiger partial charge in [-0.1, -0.05) is 20.3 Å².